The summed E-state index contributed by atoms with van der Waals surface area (Å²) in [6.45, 7) is 7.69. The number of ether oxygens (including phenoxy) is 1. The van der Waals surface area contributed by atoms with E-state index in [1.54, 1.807) is 30.2 Å². The number of hydrogen-bond donors (Lipinski definition) is 2. The monoisotopic (exact) mass is 342 g/mol. The van der Waals surface area contributed by atoms with Gasteiger partial charge in [0.05, 0.1) is 6.61 Å². The molecule has 0 fully saturated rings. The second kappa shape index (κ2) is 9.11. The summed E-state index contributed by atoms with van der Waals surface area (Å²) in [6.07, 6.45) is 0.546. The number of nitrogens with zero attached hydrogens (tertiary/aromatic N) is 1. The minimum absolute atomic E-state index is 0.0313. The van der Waals surface area contributed by atoms with E-state index in [4.69, 9.17) is 21.4 Å². The van der Waals surface area contributed by atoms with Gasteiger partial charge in [-0.1, -0.05) is 38.4 Å². The minimum atomic E-state index is -0.201. The first-order chi connectivity index (χ1) is 10.8. The Bertz CT molecular complexity index is 515. The number of carbonyl (C=O) groups is 1. The molecule has 5 nitrogen and oxygen atoms in total. The highest BCUT2D eigenvalue weighted by Gasteiger charge is 2.21. The van der Waals surface area contributed by atoms with Crippen molar-refractivity contribution < 1.29 is 14.6 Å². The number of rotatable bonds is 7. The predicted octanol–water partition coefficient (Wildman–Crippen LogP) is 3.75. The quantitative estimate of drug-likeness (QED) is 0.793. The molecule has 0 aliphatic carbocycles. The number of methoxy groups -OCH3 is 1. The van der Waals surface area contributed by atoms with Crippen molar-refractivity contribution in [1.29, 1.82) is 0 Å². The summed E-state index contributed by atoms with van der Waals surface area (Å²) in [5.41, 5.74) is 1.37. The number of benzene rings is 1. The molecule has 0 saturated carbocycles. The summed E-state index contributed by atoms with van der Waals surface area (Å²) in [4.78, 5) is 14.3. The lowest BCUT2D eigenvalue weighted by Gasteiger charge is -2.30. The molecule has 0 unspecified atom stereocenters. The van der Waals surface area contributed by atoms with Crippen LogP contribution in [0.15, 0.2) is 18.2 Å². The molecule has 23 heavy (non-hydrogen) atoms. The molecule has 2 N–H and O–H groups in total. The van der Waals surface area contributed by atoms with Crippen molar-refractivity contribution in [3.05, 3.63) is 28.8 Å². The third kappa shape index (κ3) is 6.77. The SMILES string of the molecule is COCc1c(Cl)cccc1NC(=O)N(CCCO)CC(C)(C)C. The van der Waals surface area contributed by atoms with Crippen LogP contribution in [0.5, 0.6) is 0 Å². The Morgan fingerprint density at radius 3 is 2.65 bits per heavy atom. The van der Waals surface area contributed by atoms with Crippen LogP contribution < -0.4 is 5.32 Å². The number of carbonyl (C=O) groups excluding carboxylic acids is 1. The van der Waals surface area contributed by atoms with Gasteiger partial charge in [0.2, 0.25) is 0 Å². The van der Waals surface area contributed by atoms with E-state index in [9.17, 15) is 4.79 Å². The number of hydrogen-bond acceptors (Lipinski definition) is 3. The van der Waals surface area contributed by atoms with Gasteiger partial charge in [0.25, 0.3) is 0 Å². The van der Waals surface area contributed by atoms with Gasteiger partial charge < -0.3 is 20.1 Å². The van der Waals surface area contributed by atoms with E-state index in [0.717, 1.165) is 5.56 Å². The largest absolute Gasteiger partial charge is 0.396 e. The molecule has 1 aromatic rings. The first kappa shape index (κ1) is 19.7. The van der Waals surface area contributed by atoms with Crippen LogP contribution in [0, 0.1) is 5.41 Å². The van der Waals surface area contributed by atoms with Gasteiger partial charge >= 0.3 is 6.03 Å². The summed E-state index contributed by atoms with van der Waals surface area (Å²) in [6, 6.07) is 5.16. The second-order valence-electron chi connectivity index (χ2n) is 6.69. The molecule has 0 atom stereocenters. The van der Waals surface area contributed by atoms with Crippen molar-refractivity contribution in [2.24, 2.45) is 5.41 Å². The van der Waals surface area contributed by atoms with E-state index in [-0.39, 0.29) is 18.1 Å². The zero-order valence-electron chi connectivity index (χ0n) is 14.4. The summed E-state index contributed by atoms with van der Waals surface area (Å²) in [5.74, 6) is 0. The zero-order chi connectivity index (χ0) is 17.5. The fourth-order valence-corrected chi connectivity index (χ4v) is 2.48. The molecule has 0 aliphatic rings. The fourth-order valence-electron chi connectivity index (χ4n) is 2.25. The molecule has 0 bridgehead atoms. The highest BCUT2D eigenvalue weighted by Crippen LogP contribution is 2.26. The molecule has 0 radical (unpaired) electrons. The van der Waals surface area contributed by atoms with Crippen LogP contribution >= 0.6 is 11.6 Å². The molecule has 1 aromatic carbocycles. The van der Waals surface area contributed by atoms with Crippen molar-refractivity contribution in [2.75, 3.05) is 32.1 Å². The smallest absolute Gasteiger partial charge is 0.321 e. The molecule has 130 valence electrons. The maximum Gasteiger partial charge on any atom is 0.321 e. The zero-order valence-corrected chi connectivity index (χ0v) is 15.1. The third-order valence-corrected chi connectivity index (χ3v) is 3.54. The van der Waals surface area contributed by atoms with Crippen LogP contribution in [0.25, 0.3) is 0 Å². The van der Waals surface area contributed by atoms with Gasteiger partial charge in [0, 0.05) is 43.1 Å². The van der Waals surface area contributed by atoms with Gasteiger partial charge in [-0.05, 0) is 24.0 Å². The van der Waals surface area contributed by atoms with Gasteiger partial charge in [-0.2, -0.15) is 0 Å². The first-order valence-corrected chi connectivity index (χ1v) is 8.09. The standard InChI is InChI=1S/C17H27ClN2O3/c1-17(2,3)12-20(9-6-10-21)16(22)19-15-8-5-7-14(18)13(15)11-23-4/h5,7-8,21H,6,9-12H2,1-4H3,(H,19,22). The van der Waals surface area contributed by atoms with E-state index in [1.807, 2.05) is 0 Å². The lowest BCUT2D eigenvalue weighted by atomic mass is 9.96. The molecule has 0 saturated heterocycles. The number of aliphatic hydroxyl groups excluding tert-OH is 1. The molecule has 2 amide bonds. The van der Waals surface area contributed by atoms with Gasteiger partial charge in [0.1, 0.15) is 0 Å². The van der Waals surface area contributed by atoms with Crippen molar-refractivity contribution >= 4 is 23.3 Å². The van der Waals surface area contributed by atoms with Gasteiger partial charge in [-0.15, -0.1) is 0 Å². The Balaban J connectivity index is 2.91. The third-order valence-electron chi connectivity index (χ3n) is 3.19. The Labute approximate surface area is 143 Å². The van der Waals surface area contributed by atoms with Crippen LogP contribution in [0.4, 0.5) is 10.5 Å². The Morgan fingerprint density at radius 1 is 1.39 bits per heavy atom. The maximum atomic E-state index is 12.6. The highest BCUT2D eigenvalue weighted by molar-refractivity contribution is 6.31. The maximum absolute atomic E-state index is 12.6. The number of halogens is 1. The van der Waals surface area contributed by atoms with E-state index >= 15 is 0 Å². The summed E-state index contributed by atoms with van der Waals surface area (Å²) in [5, 5.41) is 12.5. The van der Waals surface area contributed by atoms with Crippen LogP contribution in [0.3, 0.4) is 0 Å². The average Bonchev–Trinajstić information content (AvgIpc) is 2.46. The van der Waals surface area contributed by atoms with Gasteiger partial charge in [0.15, 0.2) is 0 Å². The molecule has 0 spiro atoms. The van der Waals surface area contributed by atoms with E-state index in [2.05, 4.69) is 26.1 Å². The second-order valence-corrected chi connectivity index (χ2v) is 7.10. The van der Waals surface area contributed by atoms with E-state index < -0.39 is 0 Å². The van der Waals surface area contributed by atoms with Crippen molar-refractivity contribution in [3.8, 4) is 0 Å². The topological polar surface area (TPSA) is 61.8 Å². The number of aliphatic hydroxyl groups is 1. The predicted molar refractivity (Wildman–Crippen MR) is 93.9 cm³/mol. The minimum Gasteiger partial charge on any atom is -0.396 e. The molecule has 0 aromatic heterocycles. The summed E-state index contributed by atoms with van der Waals surface area (Å²) in [7, 11) is 1.59. The molecular formula is C17H27ClN2O3. The van der Waals surface area contributed by atoms with Gasteiger partial charge in [-0.25, -0.2) is 4.79 Å². The lowest BCUT2D eigenvalue weighted by Crippen LogP contribution is -2.41. The van der Waals surface area contributed by atoms with Crippen LogP contribution in [-0.2, 0) is 11.3 Å². The van der Waals surface area contributed by atoms with Crippen LogP contribution in [0.1, 0.15) is 32.8 Å². The highest BCUT2D eigenvalue weighted by atomic mass is 35.5. The molecular weight excluding hydrogens is 316 g/mol. The number of nitrogens with one attached hydrogen (secondary N) is 1. The number of urea groups is 1. The van der Waals surface area contributed by atoms with E-state index in [0.29, 0.717) is 36.8 Å². The van der Waals surface area contributed by atoms with E-state index in [1.165, 1.54) is 0 Å². The van der Waals surface area contributed by atoms with Crippen LogP contribution in [-0.4, -0.2) is 42.8 Å². The fraction of sp³-hybridized carbons (Fsp3) is 0.588. The van der Waals surface area contributed by atoms with Crippen molar-refractivity contribution in [1.82, 2.24) is 4.90 Å². The summed E-state index contributed by atoms with van der Waals surface area (Å²) >= 11 is 6.18. The van der Waals surface area contributed by atoms with Gasteiger partial charge in [-0.3, -0.25) is 0 Å². The average molecular weight is 343 g/mol. The molecule has 6 heteroatoms. The Hall–Kier alpha value is -1.30. The van der Waals surface area contributed by atoms with Crippen LogP contribution in [0.2, 0.25) is 5.02 Å². The first-order valence-electron chi connectivity index (χ1n) is 7.71. The Morgan fingerprint density at radius 2 is 2.09 bits per heavy atom. The summed E-state index contributed by atoms with van der Waals surface area (Å²) < 4.78 is 5.15. The molecule has 1 rings (SSSR count). The Kier molecular flexibility index (Phi) is 7.82. The normalized spacial score (nSPS) is 11.4. The number of amides is 2. The van der Waals surface area contributed by atoms with Crippen molar-refractivity contribution in [3.63, 3.8) is 0 Å². The van der Waals surface area contributed by atoms with Crippen molar-refractivity contribution in [2.45, 2.75) is 33.8 Å². The molecule has 0 heterocycles. The lowest BCUT2D eigenvalue weighted by molar-refractivity contribution is 0.175. The number of anilines is 1. The molecule has 0 aliphatic heterocycles.